The zero-order valence-electron chi connectivity index (χ0n) is 12.8. The molecule has 0 saturated carbocycles. The molecule has 0 unspecified atom stereocenters. The molecule has 4 rings (SSSR count). The van der Waals surface area contributed by atoms with E-state index in [0.717, 1.165) is 39.0 Å². The lowest BCUT2D eigenvalue weighted by Crippen LogP contribution is -2.07. The maximum absolute atomic E-state index is 12.6. The van der Waals surface area contributed by atoms with Crippen molar-refractivity contribution in [2.24, 2.45) is 0 Å². The molecule has 0 amide bonds. The van der Waals surface area contributed by atoms with Crippen LogP contribution in [0.25, 0.3) is 33.3 Å². The van der Waals surface area contributed by atoms with Crippen molar-refractivity contribution in [2.45, 2.75) is 6.92 Å². The average molecular weight is 300 g/mol. The zero-order valence-corrected chi connectivity index (χ0v) is 12.8. The van der Waals surface area contributed by atoms with Gasteiger partial charge in [-0.15, -0.1) is 0 Å². The maximum Gasteiger partial charge on any atom is 0.258 e. The molecule has 0 fully saturated rings. The molecular formula is C20H16N2O. The van der Waals surface area contributed by atoms with Gasteiger partial charge in [0.25, 0.3) is 5.56 Å². The van der Waals surface area contributed by atoms with E-state index in [1.165, 1.54) is 0 Å². The van der Waals surface area contributed by atoms with Gasteiger partial charge in [0.2, 0.25) is 0 Å². The van der Waals surface area contributed by atoms with Crippen molar-refractivity contribution in [2.75, 3.05) is 0 Å². The summed E-state index contributed by atoms with van der Waals surface area (Å²) in [4.78, 5) is 18.9. The average Bonchev–Trinajstić information content (AvgIpc) is 2.94. The molecule has 0 aliphatic heterocycles. The van der Waals surface area contributed by atoms with Gasteiger partial charge in [0, 0.05) is 16.8 Å². The summed E-state index contributed by atoms with van der Waals surface area (Å²) >= 11 is 0. The number of rotatable bonds is 2. The lowest BCUT2D eigenvalue weighted by molar-refractivity contribution is 1.25. The third kappa shape index (κ3) is 2.27. The Hall–Kier alpha value is -3.07. The van der Waals surface area contributed by atoms with Crippen molar-refractivity contribution < 1.29 is 0 Å². The van der Waals surface area contributed by atoms with Crippen molar-refractivity contribution in [3.8, 4) is 22.5 Å². The monoisotopic (exact) mass is 300 g/mol. The quantitative estimate of drug-likeness (QED) is 0.562. The Morgan fingerprint density at radius 3 is 2.04 bits per heavy atom. The summed E-state index contributed by atoms with van der Waals surface area (Å²) in [5.41, 5.74) is 4.73. The van der Waals surface area contributed by atoms with Crippen LogP contribution in [0, 0.1) is 6.92 Å². The normalized spacial score (nSPS) is 11.0. The fraction of sp³-hybridized carbons (Fsp3) is 0.0500. The number of H-pyrrole nitrogens is 2. The number of nitrogens with one attached hydrogen (secondary N) is 2. The summed E-state index contributed by atoms with van der Waals surface area (Å²) in [5, 5.41) is 1.68. The topological polar surface area (TPSA) is 48.6 Å². The molecule has 0 bridgehead atoms. The summed E-state index contributed by atoms with van der Waals surface area (Å²) < 4.78 is 0. The molecule has 4 aromatic rings. The summed E-state index contributed by atoms with van der Waals surface area (Å²) in [6, 6.07) is 22.1. The van der Waals surface area contributed by atoms with Gasteiger partial charge in [0.1, 0.15) is 0 Å². The minimum Gasteiger partial charge on any atom is -0.357 e. The van der Waals surface area contributed by atoms with Crippen LogP contribution in [-0.4, -0.2) is 9.97 Å². The highest BCUT2D eigenvalue weighted by Gasteiger charge is 2.14. The molecule has 0 atom stereocenters. The lowest BCUT2D eigenvalue weighted by Gasteiger charge is -2.04. The Kier molecular flexibility index (Phi) is 3.12. The smallest absolute Gasteiger partial charge is 0.258 e. The Balaban J connectivity index is 2.03. The fourth-order valence-corrected chi connectivity index (χ4v) is 3.05. The van der Waals surface area contributed by atoms with E-state index in [1.54, 1.807) is 0 Å². The van der Waals surface area contributed by atoms with E-state index in [4.69, 9.17) is 0 Å². The minimum atomic E-state index is -0.0581. The van der Waals surface area contributed by atoms with E-state index >= 15 is 0 Å². The Morgan fingerprint density at radius 2 is 1.39 bits per heavy atom. The summed E-state index contributed by atoms with van der Waals surface area (Å²) in [6.45, 7) is 1.94. The van der Waals surface area contributed by atoms with Gasteiger partial charge < -0.3 is 9.97 Å². The van der Waals surface area contributed by atoms with Crippen LogP contribution in [0.5, 0.6) is 0 Å². The van der Waals surface area contributed by atoms with E-state index in [9.17, 15) is 4.79 Å². The van der Waals surface area contributed by atoms with Crippen LogP contribution in [0.4, 0.5) is 0 Å². The van der Waals surface area contributed by atoms with Gasteiger partial charge in [0.05, 0.1) is 11.1 Å². The van der Waals surface area contributed by atoms with Gasteiger partial charge in [-0.3, -0.25) is 4.79 Å². The second kappa shape index (κ2) is 5.29. The first-order valence-corrected chi connectivity index (χ1v) is 7.60. The van der Waals surface area contributed by atoms with Gasteiger partial charge >= 0.3 is 0 Å². The molecule has 0 radical (unpaired) electrons. The van der Waals surface area contributed by atoms with Crippen LogP contribution in [0.15, 0.2) is 71.5 Å². The molecule has 0 aliphatic carbocycles. The number of aromatic amines is 2. The number of aryl methyl sites for hydroxylation is 1. The number of benzene rings is 2. The molecule has 3 heteroatoms. The zero-order chi connectivity index (χ0) is 15.8. The second-order valence-corrected chi connectivity index (χ2v) is 5.66. The SMILES string of the molecule is Cc1[nH]c(-c2ccccc2)c2cc(-c3ccccc3)[nH]c(=O)c12. The number of aromatic nitrogens is 2. The molecule has 0 aliphatic rings. The predicted octanol–water partition coefficient (Wildman–Crippen LogP) is 4.50. The van der Waals surface area contributed by atoms with Crippen LogP contribution in [0.2, 0.25) is 0 Å². The first-order chi connectivity index (χ1) is 11.2. The van der Waals surface area contributed by atoms with Crippen LogP contribution in [-0.2, 0) is 0 Å². The van der Waals surface area contributed by atoms with E-state index in [0.29, 0.717) is 0 Å². The third-order valence-electron chi connectivity index (χ3n) is 4.14. The predicted molar refractivity (Wildman–Crippen MR) is 94.5 cm³/mol. The molecule has 0 saturated heterocycles. The highest BCUT2D eigenvalue weighted by Crippen LogP contribution is 2.30. The van der Waals surface area contributed by atoms with Crippen molar-refractivity contribution in [3.05, 3.63) is 82.8 Å². The third-order valence-corrected chi connectivity index (χ3v) is 4.14. The van der Waals surface area contributed by atoms with Crippen molar-refractivity contribution >= 4 is 10.8 Å². The molecule has 3 nitrogen and oxygen atoms in total. The van der Waals surface area contributed by atoms with Crippen LogP contribution in [0.1, 0.15) is 5.69 Å². The van der Waals surface area contributed by atoms with Crippen LogP contribution < -0.4 is 5.56 Å². The Morgan fingerprint density at radius 1 is 0.783 bits per heavy atom. The van der Waals surface area contributed by atoms with Gasteiger partial charge in [-0.2, -0.15) is 0 Å². The first kappa shape index (κ1) is 13.6. The standard InChI is InChI=1S/C20H16N2O/c1-13-18-16(19(21-13)15-10-6-3-7-11-15)12-17(22-20(18)23)14-8-4-2-5-9-14/h2-12,21H,1H3,(H,22,23). The lowest BCUT2D eigenvalue weighted by atomic mass is 10.0. The molecule has 2 heterocycles. The van der Waals surface area contributed by atoms with Crippen molar-refractivity contribution in [3.63, 3.8) is 0 Å². The molecule has 2 N–H and O–H groups in total. The van der Waals surface area contributed by atoms with Gasteiger partial charge in [-0.05, 0) is 24.1 Å². The summed E-state index contributed by atoms with van der Waals surface area (Å²) in [5.74, 6) is 0. The van der Waals surface area contributed by atoms with E-state index < -0.39 is 0 Å². The number of fused-ring (bicyclic) bond motifs is 1. The number of pyridine rings is 1. The Labute approximate surface area is 133 Å². The fourth-order valence-electron chi connectivity index (χ4n) is 3.05. The molecule has 23 heavy (non-hydrogen) atoms. The van der Waals surface area contributed by atoms with E-state index in [-0.39, 0.29) is 5.56 Å². The number of hydrogen-bond acceptors (Lipinski definition) is 1. The molecule has 2 aromatic heterocycles. The van der Waals surface area contributed by atoms with Crippen LogP contribution in [0.3, 0.4) is 0 Å². The molecule has 0 spiro atoms. The largest absolute Gasteiger partial charge is 0.357 e. The maximum atomic E-state index is 12.6. The molecule has 112 valence electrons. The molecule has 2 aromatic carbocycles. The van der Waals surface area contributed by atoms with Gasteiger partial charge in [-0.1, -0.05) is 60.7 Å². The van der Waals surface area contributed by atoms with Crippen molar-refractivity contribution in [1.29, 1.82) is 0 Å². The minimum absolute atomic E-state index is 0.0581. The van der Waals surface area contributed by atoms with E-state index in [2.05, 4.69) is 16.0 Å². The highest BCUT2D eigenvalue weighted by molar-refractivity contribution is 5.98. The van der Waals surface area contributed by atoms with Gasteiger partial charge in [-0.25, -0.2) is 0 Å². The van der Waals surface area contributed by atoms with Gasteiger partial charge in [0.15, 0.2) is 0 Å². The summed E-state index contributed by atoms with van der Waals surface area (Å²) in [7, 11) is 0. The van der Waals surface area contributed by atoms with Crippen molar-refractivity contribution in [1.82, 2.24) is 9.97 Å². The number of hydrogen-bond donors (Lipinski definition) is 2. The first-order valence-electron chi connectivity index (χ1n) is 7.60. The second-order valence-electron chi connectivity index (χ2n) is 5.66. The van der Waals surface area contributed by atoms with E-state index in [1.807, 2.05) is 67.6 Å². The summed E-state index contributed by atoms with van der Waals surface area (Å²) in [6.07, 6.45) is 0. The van der Waals surface area contributed by atoms with Crippen LogP contribution >= 0.6 is 0 Å². The highest BCUT2D eigenvalue weighted by atomic mass is 16.1. The molecular weight excluding hydrogens is 284 g/mol. The Bertz CT molecular complexity index is 1030.